The first kappa shape index (κ1) is 17.1. The highest BCUT2D eigenvalue weighted by Gasteiger charge is 2.39. The van der Waals surface area contributed by atoms with Crippen LogP contribution in [0.15, 0.2) is 29.0 Å². The summed E-state index contributed by atoms with van der Waals surface area (Å²) in [5.41, 5.74) is 0.176. The molecule has 25 heavy (non-hydrogen) atoms. The fourth-order valence-corrected chi connectivity index (χ4v) is 1.91. The molecular formula is C15H14F3N3O4. The molecule has 2 aromatic rings. The predicted octanol–water partition coefficient (Wildman–Crippen LogP) is 2.83. The highest BCUT2D eigenvalue weighted by molar-refractivity contribution is 5.90. The standard InChI is InChI=1S/C15H14F3N3O4/c1-14(4-5-14)21-12(22)13-20-9(8-24-13)7-23-10-2-3-11(19-6-10)25-15(16,17)18/h2-3,6,8H,4-5,7H2,1H3,(H,21,22). The molecular weight excluding hydrogens is 343 g/mol. The van der Waals surface area contributed by atoms with Crippen molar-refractivity contribution in [2.75, 3.05) is 0 Å². The Balaban J connectivity index is 1.52. The number of alkyl halides is 3. The molecule has 2 aromatic heterocycles. The van der Waals surface area contributed by atoms with Gasteiger partial charge in [-0.15, -0.1) is 13.2 Å². The van der Waals surface area contributed by atoms with E-state index in [1.54, 1.807) is 0 Å². The third-order valence-corrected chi connectivity index (χ3v) is 3.48. The van der Waals surface area contributed by atoms with Crippen molar-refractivity contribution in [3.63, 3.8) is 0 Å². The Morgan fingerprint density at radius 3 is 2.76 bits per heavy atom. The number of aromatic nitrogens is 2. The molecule has 1 aliphatic rings. The van der Waals surface area contributed by atoms with Gasteiger partial charge in [-0.3, -0.25) is 4.79 Å². The van der Waals surface area contributed by atoms with Crippen LogP contribution in [0.4, 0.5) is 13.2 Å². The van der Waals surface area contributed by atoms with Gasteiger partial charge in [0.25, 0.3) is 5.89 Å². The lowest BCUT2D eigenvalue weighted by Crippen LogP contribution is -2.34. The SMILES string of the molecule is CC1(NC(=O)c2nc(COc3ccc(OC(F)(F)F)nc3)co2)CC1. The number of oxazole rings is 1. The van der Waals surface area contributed by atoms with Gasteiger partial charge >= 0.3 is 12.3 Å². The molecule has 1 amide bonds. The van der Waals surface area contributed by atoms with Crippen LogP contribution in [0.2, 0.25) is 0 Å². The van der Waals surface area contributed by atoms with Crippen molar-refractivity contribution in [3.8, 4) is 11.6 Å². The molecule has 0 saturated heterocycles. The van der Waals surface area contributed by atoms with E-state index in [-0.39, 0.29) is 23.8 Å². The molecule has 0 radical (unpaired) electrons. The zero-order valence-corrected chi connectivity index (χ0v) is 13.1. The van der Waals surface area contributed by atoms with Gasteiger partial charge in [-0.25, -0.2) is 9.97 Å². The number of carbonyl (C=O) groups excluding carboxylic acids is 1. The number of halogens is 3. The summed E-state index contributed by atoms with van der Waals surface area (Å²) in [6, 6.07) is 2.30. The van der Waals surface area contributed by atoms with Crippen LogP contribution in [0.5, 0.6) is 11.6 Å². The molecule has 0 aliphatic heterocycles. The Kier molecular flexibility index (Phi) is 4.27. The maximum Gasteiger partial charge on any atom is 0.574 e. The maximum absolute atomic E-state index is 12.0. The van der Waals surface area contributed by atoms with Gasteiger partial charge in [0.15, 0.2) is 0 Å². The van der Waals surface area contributed by atoms with Crippen LogP contribution in [0.1, 0.15) is 36.1 Å². The molecule has 0 bridgehead atoms. The topological polar surface area (TPSA) is 86.5 Å². The number of nitrogens with zero attached hydrogens (tertiary/aromatic N) is 2. The van der Waals surface area contributed by atoms with Gasteiger partial charge in [0.2, 0.25) is 5.88 Å². The van der Waals surface area contributed by atoms with Crippen LogP contribution >= 0.6 is 0 Å². The van der Waals surface area contributed by atoms with E-state index in [9.17, 15) is 18.0 Å². The van der Waals surface area contributed by atoms with E-state index in [4.69, 9.17) is 9.15 Å². The van der Waals surface area contributed by atoms with Gasteiger partial charge in [0.1, 0.15) is 24.3 Å². The molecule has 134 valence electrons. The second-order valence-electron chi connectivity index (χ2n) is 5.83. The van der Waals surface area contributed by atoms with Gasteiger partial charge in [0.05, 0.1) is 6.20 Å². The van der Waals surface area contributed by atoms with Gasteiger partial charge in [-0.1, -0.05) is 0 Å². The number of hydrogen-bond donors (Lipinski definition) is 1. The van der Waals surface area contributed by atoms with Crippen molar-refractivity contribution in [2.24, 2.45) is 0 Å². The average Bonchev–Trinajstić information content (AvgIpc) is 3.07. The van der Waals surface area contributed by atoms with Crippen LogP contribution in [-0.4, -0.2) is 27.8 Å². The normalized spacial score (nSPS) is 15.5. The van der Waals surface area contributed by atoms with Gasteiger partial charge in [-0.2, -0.15) is 0 Å². The van der Waals surface area contributed by atoms with Crippen molar-refractivity contribution in [2.45, 2.75) is 38.3 Å². The number of nitrogens with one attached hydrogen (secondary N) is 1. The highest BCUT2D eigenvalue weighted by Crippen LogP contribution is 2.34. The van der Waals surface area contributed by atoms with Crippen LogP contribution in [0.3, 0.4) is 0 Å². The van der Waals surface area contributed by atoms with E-state index in [1.165, 1.54) is 12.3 Å². The van der Waals surface area contributed by atoms with Gasteiger partial charge in [0, 0.05) is 11.6 Å². The molecule has 1 N–H and O–H groups in total. The van der Waals surface area contributed by atoms with Crippen molar-refractivity contribution < 1.29 is 31.9 Å². The van der Waals surface area contributed by atoms with E-state index < -0.39 is 18.1 Å². The molecule has 2 heterocycles. The van der Waals surface area contributed by atoms with E-state index >= 15 is 0 Å². The Labute approximate surface area is 140 Å². The molecule has 10 heteroatoms. The number of ether oxygens (including phenoxy) is 2. The Bertz CT molecular complexity index is 754. The molecule has 1 saturated carbocycles. The molecule has 1 aliphatic carbocycles. The zero-order valence-electron chi connectivity index (χ0n) is 13.1. The maximum atomic E-state index is 12.0. The summed E-state index contributed by atoms with van der Waals surface area (Å²) in [4.78, 5) is 19.4. The van der Waals surface area contributed by atoms with Crippen molar-refractivity contribution in [3.05, 3.63) is 36.2 Å². The van der Waals surface area contributed by atoms with Crippen LogP contribution in [-0.2, 0) is 6.61 Å². The largest absolute Gasteiger partial charge is 0.574 e. The van der Waals surface area contributed by atoms with Crippen molar-refractivity contribution in [1.29, 1.82) is 0 Å². The smallest absolute Gasteiger partial charge is 0.486 e. The van der Waals surface area contributed by atoms with Gasteiger partial charge in [-0.05, 0) is 25.8 Å². The second-order valence-corrected chi connectivity index (χ2v) is 5.83. The first-order chi connectivity index (χ1) is 11.7. The fourth-order valence-electron chi connectivity index (χ4n) is 1.91. The highest BCUT2D eigenvalue weighted by atomic mass is 19.4. The molecule has 0 aromatic carbocycles. The minimum absolute atomic E-state index is 0.0325. The van der Waals surface area contributed by atoms with Crippen molar-refractivity contribution >= 4 is 5.91 Å². The molecule has 3 rings (SSSR count). The summed E-state index contributed by atoms with van der Waals surface area (Å²) in [7, 11) is 0. The zero-order chi connectivity index (χ0) is 18.1. The molecule has 0 unspecified atom stereocenters. The van der Waals surface area contributed by atoms with E-state index in [2.05, 4.69) is 20.0 Å². The van der Waals surface area contributed by atoms with Crippen LogP contribution in [0, 0.1) is 0 Å². The molecule has 1 fully saturated rings. The number of rotatable bonds is 6. The Morgan fingerprint density at radius 2 is 2.16 bits per heavy atom. The number of carbonyl (C=O) groups is 1. The third kappa shape index (κ3) is 4.85. The van der Waals surface area contributed by atoms with Crippen LogP contribution < -0.4 is 14.8 Å². The summed E-state index contributed by atoms with van der Waals surface area (Å²) in [6.07, 6.45) is -0.612. The molecule has 7 nitrogen and oxygen atoms in total. The number of pyridine rings is 1. The minimum Gasteiger partial charge on any atom is -0.486 e. The Hall–Kier alpha value is -2.78. The summed E-state index contributed by atoms with van der Waals surface area (Å²) >= 11 is 0. The van der Waals surface area contributed by atoms with Crippen molar-refractivity contribution in [1.82, 2.24) is 15.3 Å². The summed E-state index contributed by atoms with van der Waals surface area (Å²) in [5.74, 6) is -0.844. The Morgan fingerprint density at radius 1 is 1.40 bits per heavy atom. The third-order valence-electron chi connectivity index (χ3n) is 3.48. The molecule has 0 atom stereocenters. The van der Waals surface area contributed by atoms with E-state index in [0.717, 1.165) is 25.1 Å². The monoisotopic (exact) mass is 357 g/mol. The lowest BCUT2D eigenvalue weighted by atomic mass is 10.3. The van der Waals surface area contributed by atoms with Gasteiger partial charge < -0.3 is 19.2 Å². The van der Waals surface area contributed by atoms with Crippen LogP contribution in [0.25, 0.3) is 0 Å². The average molecular weight is 357 g/mol. The number of amides is 1. The summed E-state index contributed by atoms with van der Waals surface area (Å²) in [5, 5.41) is 2.81. The molecule has 0 spiro atoms. The minimum atomic E-state index is -4.80. The first-order valence-electron chi connectivity index (χ1n) is 7.34. The quantitative estimate of drug-likeness (QED) is 0.856. The predicted molar refractivity (Wildman–Crippen MR) is 76.9 cm³/mol. The van der Waals surface area contributed by atoms with E-state index in [1.807, 2.05) is 6.92 Å². The second kappa shape index (κ2) is 6.26. The fraction of sp³-hybridized carbons (Fsp3) is 0.400. The van der Waals surface area contributed by atoms with E-state index in [0.29, 0.717) is 5.69 Å². The lowest BCUT2D eigenvalue weighted by molar-refractivity contribution is -0.276. The first-order valence-corrected chi connectivity index (χ1v) is 7.34. The lowest BCUT2D eigenvalue weighted by Gasteiger charge is -2.08. The number of hydrogen-bond acceptors (Lipinski definition) is 6. The summed E-state index contributed by atoms with van der Waals surface area (Å²) in [6.45, 7) is 1.90. The summed E-state index contributed by atoms with van der Waals surface area (Å²) < 4.78 is 50.2.